The van der Waals surface area contributed by atoms with Gasteiger partial charge in [-0.3, -0.25) is 0 Å². The second-order valence-electron chi connectivity index (χ2n) is 4.17. The molecule has 0 aromatic heterocycles. The fourth-order valence-electron chi connectivity index (χ4n) is 1.78. The molecule has 0 fully saturated rings. The molecule has 0 bridgehead atoms. The van der Waals surface area contributed by atoms with Crippen LogP contribution in [0.3, 0.4) is 0 Å². The monoisotopic (exact) mass is 277 g/mol. The number of hydrogen-bond acceptors (Lipinski definition) is 2. The molecule has 0 radical (unpaired) electrons. The lowest BCUT2D eigenvalue weighted by Crippen LogP contribution is -2.06. The zero-order valence-corrected chi connectivity index (χ0v) is 12.1. The molecule has 0 aliphatic rings. The van der Waals surface area contributed by atoms with E-state index in [0.717, 1.165) is 16.5 Å². The Morgan fingerprint density at radius 1 is 1.11 bits per heavy atom. The number of rotatable bonds is 4. The first-order valence-corrected chi connectivity index (χ1v) is 7.06. The highest BCUT2D eigenvalue weighted by atomic mass is 35.5. The third kappa shape index (κ3) is 3.29. The lowest BCUT2D eigenvalue weighted by atomic mass is 10.1. The first-order chi connectivity index (χ1) is 8.70. The molecule has 0 amide bonds. The highest BCUT2D eigenvalue weighted by Gasteiger charge is 2.06. The number of hydrogen-bond donors (Lipinski definition) is 1. The van der Waals surface area contributed by atoms with Gasteiger partial charge in [0.1, 0.15) is 0 Å². The summed E-state index contributed by atoms with van der Waals surface area (Å²) in [6.07, 6.45) is 0. The minimum absolute atomic E-state index is 0.804. The number of benzene rings is 2. The summed E-state index contributed by atoms with van der Waals surface area (Å²) in [7, 11) is 1.96. The largest absolute Gasteiger partial charge is 0.316 e. The lowest BCUT2D eigenvalue weighted by molar-refractivity contribution is 0.802. The van der Waals surface area contributed by atoms with Crippen molar-refractivity contribution in [2.45, 2.75) is 23.3 Å². The van der Waals surface area contributed by atoms with E-state index in [2.05, 4.69) is 36.5 Å². The van der Waals surface area contributed by atoms with Crippen molar-refractivity contribution >= 4 is 23.4 Å². The van der Waals surface area contributed by atoms with Crippen molar-refractivity contribution in [2.24, 2.45) is 0 Å². The second kappa shape index (κ2) is 6.28. The zero-order valence-electron chi connectivity index (χ0n) is 10.5. The van der Waals surface area contributed by atoms with Crippen LogP contribution in [0.25, 0.3) is 0 Å². The van der Waals surface area contributed by atoms with E-state index in [1.165, 1.54) is 16.0 Å². The Balaban J connectivity index is 2.31. The normalized spacial score (nSPS) is 10.6. The number of nitrogens with one attached hydrogen (secondary N) is 1. The summed E-state index contributed by atoms with van der Waals surface area (Å²) in [6, 6.07) is 14.5. The average molecular weight is 278 g/mol. The maximum atomic E-state index is 6.20. The fraction of sp³-hybridized carbons (Fsp3) is 0.200. The molecule has 0 heterocycles. The van der Waals surface area contributed by atoms with E-state index >= 15 is 0 Å². The van der Waals surface area contributed by atoms with Crippen molar-refractivity contribution in [3.05, 3.63) is 58.6 Å². The topological polar surface area (TPSA) is 12.0 Å². The van der Waals surface area contributed by atoms with Gasteiger partial charge in [0.2, 0.25) is 0 Å². The molecule has 3 heteroatoms. The molecule has 1 N–H and O–H groups in total. The SMILES string of the molecule is CNCc1cc(C)ccc1Sc1ccccc1Cl. The van der Waals surface area contributed by atoms with E-state index in [-0.39, 0.29) is 0 Å². The molecule has 0 unspecified atom stereocenters. The van der Waals surface area contributed by atoms with Crippen LogP contribution in [0.15, 0.2) is 52.3 Å². The van der Waals surface area contributed by atoms with Gasteiger partial charge in [-0.25, -0.2) is 0 Å². The number of aryl methyl sites for hydroxylation is 1. The first kappa shape index (κ1) is 13.5. The summed E-state index contributed by atoms with van der Waals surface area (Å²) in [5.74, 6) is 0. The van der Waals surface area contributed by atoms with Crippen LogP contribution in [0.4, 0.5) is 0 Å². The molecule has 1 nitrogen and oxygen atoms in total. The Kier molecular flexibility index (Phi) is 4.70. The summed E-state index contributed by atoms with van der Waals surface area (Å²) in [4.78, 5) is 2.35. The van der Waals surface area contributed by atoms with Gasteiger partial charge >= 0.3 is 0 Å². The van der Waals surface area contributed by atoms with Gasteiger partial charge in [-0.05, 0) is 37.7 Å². The Morgan fingerprint density at radius 3 is 2.61 bits per heavy atom. The Morgan fingerprint density at radius 2 is 1.89 bits per heavy atom. The standard InChI is InChI=1S/C15H16ClNS/c1-11-7-8-14(12(9-11)10-17-2)18-15-6-4-3-5-13(15)16/h3-9,17H,10H2,1-2H3. The summed E-state index contributed by atoms with van der Waals surface area (Å²) < 4.78 is 0. The van der Waals surface area contributed by atoms with Gasteiger partial charge in [0, 0.05) is 16.3 Å². The van der Waals surface area contributed by atoms with Crippen LogP contribution in [0, 0.1) is 6.92 Å². The Labute approximate surface area is 118 Å². The van der Waals surface area contributed by atoms with Gasteiger partial charge in [-0.15, -0.1) is 0 Å². The van der Waals surface area contributed by atoms with Crippen LogP contribution in [0.5, 0.6) is 0 Å². The predicted molar refractivity (Wildman–Crippen MR) is 79.5 cm³/mol. The highest BCUT2D eigenvalue weighted by molar-refractivity contribution is 7.99. The molecule has 0 saturated carbocycles. The summed E-state index contributed by atoms with van der Waals surface area (Å²) >= 11 is 7.92. The quantitative estimate of drug-likeness (QED) is 0.882. The third-order valence-electron chi connectivity index (χ3n) is 2.64. The molecule has 0 atom stereocenters. The Bertz CT molecular complexity index is 540. The van der Waals surface area contributed by atoms with Crippen LogP contribution in [-0.4, -0.2) is 7.05 Å². The van der Waals surface area contributed by atoms with Crippen molar-refractivity contribution in [2.75, 3.05) is 7.05 Å². The molecule has 0 aliphatic carbocycles. The molecule has 2 aromatic carbocycles. The second-order valence-corrected chi connectivity index (χ2v) is 5.66. The minimum Gasteiger partial charge on any atom is -0.316 e. The maximum Gasteiger partial charge on any atom is 0.0545 e. The molecule has 94 valence electrons. The van der Waals surface area contributed by atoms with E-state index in [4.69, 9.17) is 11.6 Å². The molecular formula is C15H16ClNS. The number of halogens is 1. The molecular weight excluding hydrogens is 262 g/mol. The lowest BCUT2D eigenvalue weighted by Gasteiger charge is -2.10. The summed E-state index contributed by atoms with van der Waals surface area (Å²) in [6.45, 7) is 2.98. The van der Waals surface area contributed by atoms with Gasteiger partial charge in [0.05, 0.1) is 5.02 Å². The van der Waals surface area contributed by atoms with Crippen LogP contribution < -0.4 is 5.32 Å². The van der Waals surface area contributed by atoms with Crippen molar-refractivity contribution in [3.63, 3.8) is 0 Å². The summed E-state index contributed by atoms with van der Waals surface area (Å²) in [5.41, 5.74) is 2.59. The van der Waals surface area contributed by atoms with Gasteiger partial charge in [0.25, 0.3) is 0 Å². The summed E-state index contributed by atoms with van der Waals surface area (Å²) in [5, 5.41) is 4.01. The van der Waals surface area contributed by atoms with Crippen LogP contribution in [0.2, 0.25) is 5.02 Å². The third-order valence-corrected chi connectivity index (χ3v) is 4.28. The van der Waals surface area contributed by atoms with Gasteiger partial charge < -0.3 is 5.32 Å². The molecule has 18 heavy (non-hydrogen) atoms. The van der Waals surface area contributed by atoms with Gasteiger partial charge in [-0.1, -0.05) is 53.2 Å². The van der Waals surface area contributed by atoms with E-state index in [1.54, 1.807) is 11.8 Å². The smallest absolute Gasteiger partial charge is 0.0545 e. The average Bonchev–Trinajstić information content (AvgIpc) is 2.35. The van der Waals surface area contributed by atoms with Crippen molar-refractivity contribution < 1.29 is 0 Å². The van der Waals surface area contributed by atoms with E-state index < -0.39 is 0 Å². The van der Waals surface area contributed by atoms with E-state index in [0.29, 0.717) is 0 Å². The predicted octanol–water partition coefficient (Wildman–Crippen LogP) is 4.52. The van der Waals surface area contributed by atoms with E-state index in [1.807, 2.05) is 25.2 Å². The molecule has 0 saturated heterocycles. The maximum absolute atomic E-state index is 6.20. The van der Waals surface area contributed by atoms with Gasteiger partial charge in [0.15, 0.2) is 0 Å². The molecule has 2 aromatic rings. The van der Waals surface area contributed by atoms with Gasteiger partial charge in [-0.2, -0.15) is 0 Å². The van der Waals surface area contributed by atoms with Crippen molar-refractivity contribution in [3.8, 4) is 0 Å². The highest BCUT2D eigenvalue weighted by Crippen LogP contribution is 2.35. The van der Waals surface area contributed by atoms with Crippen LogP contribution in [-0.2, 0) is 6.54 Å². The first-order valence-electron chi connectivity index (χ1n) is 5.87. The fourth-order valence-corrected chi connectivity index (χ4v) is 2.98. The Hall–Kier alpha value is -0.960. The van der Waals surface area contributed by atoms with Crippen molar-refractivity contribution in [1.82, 2.24) is 5.32 Å². The zero-order chi connectivity index (χ0) is 13.0. The van der Waals surface area contributed by atoms with Crippen LogP contribution >= 0.6 is 23.4 Å². The van der Waals surface area contributed by atoms with Crippen LogP contribution in [0.1, 0.15) is 11.1 Å². The molecule has 2 rings (SSSR count). The van der Waals surface area contributed by atoms with Crippen molar-refractivity contribution in [1.29, 1.82) is 0 Å². The molecule has 0 aliphatic heterocycles. The molecule has 0 spiro atoms. The minimum atomic E-state index is 0.804. The van der Waals surface area contributed by atoms with E-state index in [9.17, 15) is 0 Å².